The first-order valence-electron chi connectivity index (χ1n) is 7.94. The fourth-order valence-electron chi connectivity index (χ4n) is 3.27. The summed E-state index contributed by atoms with van der Waals surface area (Å²) in [6.07, 6.45) is 0.0925. The Hall–Kier alpha value is -2.51. The third-order valence-corrected chi connectivity index (χ3v) is 4.43. The smallest absolute Gasteiger partial charge is 0.227 e. The van der Waals surface area contributed by atoms with Crippen LogP contribution in [-0.4, -0.2) is 53.3 Å². The van der Waals surface area contributed by atoms with Crippen LogP contribution in [0.25, 0.3) is 0 Å². The fourth-order valence-corrected chi connectivity index (χ4v) is 3.27. The summed E-state index contributed by atoms with van der Waals surface area (Å²) in [6.45, 7) is 3.36. The molecule has 3 heterocycles. The van der Waals surface area contributed by atoms with E-state index in [0.29, 0.717) is 25.5 Å². The first-order chi connectivity index (χ1) is 11.4. The summed E-state index contributed by atoms with van der Waals surface area (Å²) in [6, 6.07) is 4.60. The van der Waals surface area contributed by atoms with E-state index < -0.39 is 23.7 Å². The highest BCUT2D eigenvalue weighted by molar-refractivity contribution is 6.02. The first-order valence-corrected chi connectivity index (χ1v) is 7.94. The van der Waals surface area contributed by atoms with E-state index in [1.807, 2.05) is 11.8 Å². The van der Waals surface area contributed by atoms with Crippen LogP contribution in [0.5, 0.6) is 0 Å². The molecule has 7 nitrogen and oxygen atoms in total. The predicted molar refractivity (Wildman–Crippen MR) is 83.5 cm³/mol. The molecule has 2 saturated heterocycles. The number of carbonyl (C=O) groups excluding carboxylic acids is 3. The molecule has 0 bridgehead atoms. The highest BCUT2D eigenvalue weighted by Crippen LogP contribution is 2.22. The minimum absolute atomic E-state index is 0.0369. The van der Waals surface area contributed by atoms with Gasteiger partial charge in [-0.05, 0) is 19.1 Å². The van der Waals surface area contributed by atoms with Crippen molar-refractivity contribution >= 4 is 23.5 Å². The van der Waals surface area contributed by atoms with Gasteiger partial charge in [-0.15, -0.1) is 0 Å². The summed E-state index contributed by atoms with van der Waals surface area (Å²) in [5.74, 6) is -1.55. The zero-order chi connectivity index (χ0) is 17.3. The molecule has 128 valence electrons. The Bertz CT molecular complexity index is 665. The maximum Gasteiger partial charge on any atom is 0.227 e. The summed E-state index contributed by atoms with van der Waals surface area (Å²) in [5, 5.41) is 2.21. The van der Waals surface area contributed by atoms with Gasteiger partial charge < -0.3 is 9.80 Å². The molecule has 1 aromatic heterocycles. The minimum atomic E-state index is -0.586. The van der Waals surface area contributed by atoms with Gasteiger partial charge >= 0.3 is 0 Å². The summed E-state index contributed by atoms with van der Waals surface area (Å²) < 4.78 is 13.3. The molecule has 0 spiro atoms. The lowest BCUT2D eigenvalue weighted by Crippen LogP contribution is -2.56. The van der Waals surface area contributed by atoms with Crippen molar-refractivity contribution in [3.8, 4) is 0 Å². The average Bonchev–Trinajstić information content (AvgIpc) is 2.53. The number of imide groups is 1. The summed E-state index contributed by atoms with van der Waals surface area (Å²) in [5.41, 5.74) is 0. The van der Waals surface area contributed by atoms with E-state index in [4.69, 9.17) is 0 Å². The van der Waals surface area contributed by atoms with Crippen LogP contribution in [0, 0.1) is 11.9 Å². The van der Waals surface area contributed by atoms with Crippen molar-refractivity contribution in [1.29, 1.82) is 0 Å². The predicted octanol–water partition coefficient (Wildman–Crippen LogP) is 0.311. The molecule has 3 rings (SSSR count). The Balaban J connectivity index is 1.65. The van der Waals surface area contributed by atoms with Crippen LogP contribution in [-0.2, 0) is 14.4 Å². The van der Waals surface area contributed by atoms with Gasteiger partial charge in [-0.25, -0.2) is 4.98 Å². The van der Waals surface area contributed by atoms with Crippen molar-refractivity contribution in [1.82, 2.24) is 15.2 Å². The number of hydrogen-bond acceptors (Lipinski definition) is 5. The molecule has 3 amide bonds. The Morgan fingerprint density at radius 3 is 2.58 bits per heavy atom. The number of anilines is 1. The average molecular weight is 334 g/mol. The molecular formula is C16H19FN4O3. The Morgan fingerprint density at radius 1 is 1.25 bits per heavy atom. The molecule has 1 aromatic rings. The van der Waals surface area contributed by atoms with Crippen molar-refractivity contribution in [3.63, 3.8) is 0 Å². The number of nitrogens with zero attached hydrogens (tertiary/aromatic N) is 3. The fraction of sp³-hybridized carbons (Fsp3) is 0.500. The van der Waals surface area contributed by atoms with Crippen LogP contribution >= 0.6 is 0 Å². The second-order valence-electron chi connectivity index (χ2n) is 6.22. The number of carbonyl (C=O) groups is 3. The standard InChI is InChI=1S/C16H19FN4O3/c1-10-9-20(16(24)11-7-14(22)19-15(23)8-11)5-6-21(10)13-4-2-3-12(17)18-13/h2-4,10-11H,5-9H2,1H3,(H,19,22,23). The molecule has 1 unspecified atom stereocenters. The number of aromatic nitrogens is 1. The van der Waals surface area contributed by atoms with Gasteiger partial charge in [-0.3, -0.25) is 19.7 Å². The molecule has 2 fully saturated rings. The third-order valence-electron chi connectivity index (χ3n) is 4.43. The molecule has 0 aliphatic carbocycles. The summed E-state index contributed by atoms with van der Waals surface area (Å²) in [7, 11) is 0. The largest absolute Gasteiger partial charge is 0.350 e. The van der Waals surface area contributed by atoms with Gasteiger partial charge in [-0.1, -0.05) is 6.07 Å². The lowest BCUT2D eigenvalue weighted by Gasteiger charge is -2.41. The number of amides is 3. The van der Waals surface area contributed by atoms with Crippen LogP contribution < -0.4 is 10.2 Å². The second-order valence-corrected chi connectivity index (χ2v) is 6.22. The SMILES string of the molecule is CC1CN(C(=O)C2CC(=O)NC(=O)C2)CCN1c1cccc(F)n1. The monoisotopic (exact) mass is 334 g/mol. The van der Waals surface area contributed by atoms with Gasteiger partial charge in [0.05, 0.1) is 5.92 Å². The molecule has 0 saturated carbocycles. The number of pyridine rings is 1. The third kappa shape index (κ3) is 3.37. The Labute approximate surface area is 138 Å². The van der Waals surface area contributed by atoms with E-state index >= 15 is 0 Å². The molecule has 1 atom stereocenters. The number of rotatable bonds is 2. The topological polar surface area (TPSA) is 82.6 Å². The maximum absolute atomic E-state index is 13.3. The maximum atomic E-state index is 13.3. The van der Waals surface area contributed by atoms with Gasteiger partial charge in [-0.2, -0.15) is 4.39 Å². The van der Waals surface area contributed by atoms with Gasteiger partial charge in [0.2, 0.25) is 23.7 Å². The summed E-state index contributed by atoms with van der Waals surface area (Å²) >= 11 is 0. The number of piperidine rings is 1. The van der Waals surface area contributed by atoms with E-state index in [1.165, 1.54) is 6.07 Å². The molecule has 0 radical (unpaired) electrons. The number of halogens is 1. The molecule has 2 aliphatic heterocycles. The highest BCUT2D eigenvalue weighted by Gasteiger charge is 2.35. The highest BCUT2D eigenvalue weighted by atomic mass is 19.1. The quantitative estimate of drug-likeness (QED) is 0.622. The first kappa shape index (κ1) is 16.4. The van der Waals surface area contributed by atoms with Crippen molar-refractivity contribution < 1.29 is 18.8 Å². The lowest BCUT2D eigenvalue weighted by atomic mass is 9.95. The van der Waals surface area contributed by atoms with Crippen LogP contribution in [0.3, 0.4) is 0 Å². The van der Waals surface area contributed by atoms with E-state index in [2.05, 4.69) is 10.3 Å². The number of hydrogen-bond donors (Lipinski definition) is 1. The van der Waals surface area contributed by atoms with Crippen molar-refractivity contribution in [2.45, 2.75) is 25.8 Å². The van der Waals surface area contributed by atoms with Gasteiger partial charge in [0.1, 0.15) is 5.82 Å². The van der Waals surface area contributed by atoms with Crippen molar-refractivity contribution in [2.24, 2.45) is 5.92 Å². The van der Waals surface area contributed by atoms with Gasteiger partial charge in [0, 0.05) is 38.5 Å². The second kappa shape index (κ2) is 6.54. The molecule has 2 aliphatic rings. The normalized spacial score (nSPS) is 22.5. The zero-order valence-electron chi connectivity index (χ0n) is 13.4. The van der Waals surface area contributed by atoms with E-state index in [0.717, 1.165) is 0 Å². The summed E-state index contributed by atoms with van der Waals surface area (Å²) in [4.78, 5) is 43.0. The van der Waals surface area contributed by atoms with Crippen LogP contribution in [0.1, 0.15) is 19.8 Å². The van der Waals surface area contributed by atoms with E-state index in [-0.39, 0.29) is 24.8 Å². The lowest BCUT2D eigenvalue weighted by molar-refractivity contribution is -0.145. The van der Waals surface area contributed by atoms with Crippen LogP contribution in [0.2, 0.25) is 0 Å². The van der Waals surface area contributed by atoms with Crippen molar-refractivity contribution in [2.75, 3.05) is 24.5 Å². The number of piperazine rings is 1. The zero-order valence-corrected chi connectivity index (χ0v) is 13.4. The Kier molecular flexibility index (Phi) is 4.46. The molecule has 24 heavy (non-hydrogen) atoms. The van der Waals surface area contributed by atoms with Crippen molar-refractivity contribution in [3.05, 3.63) is 24.1 Å². The van der Waals surface area contributed by atoms with Gasteiger partial charge in [0.15, 0.2) is 0 Å². The molecule has 8 heteroatoms. The van der Waals surface area contributed by atoms with Gasteiger partial charge in [0.25, 0.3) is 0 Å². The molecule has 0 aromatic carbocycles. The minimum Gasteiger partial charge on any atom is -0.350 e. The molecule has 1 N–H and O–H groups in total. The Morgan fingerprint density at radius 2 is 1.96 bits per heavy atom. The number of nitrogens with one attached hydrogen (secondary N) is 1. The van der Waals surface area contributed by atoms with Crippen LogP contribution in [0.15, 0.2) is 18.2 Å². The molecular weight excluding hydrogens is 315 g/mol. The van der Waals surface area contributed by atoms with E-state index in [9.17, 15) is 18.8 Å². The van der Waals surface area contributed by atoms with E-state index in [1.54, 1.807) is 17.0 Å². The van der Waals surface area contributed by atoms with Crippen LogP contribution in [0.4, 0.5) is 10.2 Å².